The lowest BCUT2D eigenvalue weighted by molar-refractivity contribution is -0.147. The number of carbonyl (C=O) groups is 1. The van der Waals surface area contributed by atoms with Crippen LogP contribution in [0.1, 0.15) is 20.8 Å². The average molecular weight is 233 g/mol. The molecule has 0 spiro atoms. The molecule has 0 aromatic heterocycles. The van der Waals surface area contributed by atoms with E-state index in [1.165, 1.54) is 0 Å². The molecule has 0 amide bonds. The molecule has 16 heavy (non-hydrogen) atoms. The SMILES string of the molecule is CCNC(COCCOCC)C(=O)OCC. The van der Waals surface area contributed by atoms with Crippen LogP contribution in [0.2, 0.25) is 0 Å². The second-order valence-corrected chi connectivity index (χ2v) is 3.13. The van der Waals surface area contributed by atoms with Gasteiger partial charge in [0.05, 0.1) is 26.4 Å². The molecule has 96 valence electrons. The van der Waals surface area contributed by atoms with Gasteiger partial charge in [-0.25, -0.2) is 0 Å². The minimum absolute atomic E-state index is 0.263. The summed E-state index contributed by atoms with van der Waals surface area (Å²) >= 11 is 0. The van der Waals surface area contributed by atoms with Gasteiger partial charge in [0, 0.05) is 6.61 Å². The first-order valence-electron chi connectivity index (χ1n) is 5.81. The Balaban J connectivity index is 3.71. The van der Waals surface area contributed by atoms with Crippen molar-refractivity contribution >= 4 is 5.97 Å². The Labute approximate surface area is 97.4 Å². The van der Waals surface area contributed by atoms with Gasteiger partial charge in [0.15, 0.2) is 0 Å². The van der Waals surface area contributed by atoms with Crippen molar-refractivity contribution in [2.45, 2.75) is 26.8 Å². The van der Waals surface area contributed by atoms with Crippen molar-refractivity contribution in [3.8, 4) is 0 Å². The van der Waals surface area contributed by atoms with E-state index in [9.17, 15) is 4.79 Å². The quantitative estimate of drug-likeness (QED) is 0.442. The molecule has 0 radical (unpaired) electrons. The number of hydrogen-bond acceptors (Lipinski definition) is 5. The largest absolute Gasteiger partial charge is 0.465 e. The van der Waals surface area contributed by atoms with Gasteiger partial charge in [0.25, 0.3) is 0 Å². The molecule has 0 saturated heterocycles. The van der Waals surface area contributed by atoms with E-state index in [0.717, 1.165) is 0 Å². The zero-order valence-corrected chi connectivity index (χ0v) is 10.5. The predicted molar refractivity (Wildman–Crippen MR) is 61.4 cm³/mol. The third kappa shape index (κ3) is 7.62. The fraction of sp³-hybridized carbons (Fsp3) is 0.909. The minimum Gasteiger partial charge on any atom is -0.465 e. The smallest absolute Gasteiger partial charge is 0.325 e. The Morgan fingerprint density at radius 3 is 2.38 bits per heavy atom. The maximum atomic E-state index is 11.5. The molecule has 0 aliphatic rings. The number of likely N-dealkylation sites (N-methyl/N-ethyl adjacent to an activating group) is 1. The van der Waals surface area contributed by atoms with E-state index in [0.29, 0.717) is 39.6 Å². The summed E-state index contributed by atoms with van der Waals surface area (Å²) in [6.45, 7) is 8.80. The predicted octanol–water partition coefficient (Wildman–Crippen LogP) is 0.581. The van der Waals surface area contributed by atoms with E-state index in [1.807, 2.05) is 13.8 Å². The van der Waals surface area contributed by atoms with E-state index in [-0.39, 0.29) is 12.0 Å². The molecular formula is C11H23NO4. The van der Waals surface area contributed by atoms with Crippen LogP contribution in [0.4, 0.5) is 0 Å². The Hall–Kier alpha value is -0.650. The van der Waals surface area contributed by atoms with Gasteiger partial charge in [-0.1, -0.05) is 6.92 Å². The molecule has 0 fully saturated rings. The molecule has 0 saturated carbocycles. The van der Waals surface area contributed by atoms with E-state index >= 15 is 0 Å². The van der Waals surface area contributed by atoms with E-state index in [2.05, 4.69) is 5.32 Å². The number of esters is 1. The van der Waals surface area contributed by atoms with E-state index in [1.54, 1.807) is 6.92 Å². The van der Waals surface area contributed by atoms with Gasteiger partial charge in [-0.3, -0.25) is 4.79 Å². The number of nitrogens with one attached hydrogen (secondary N) is 1. The van der Waals surface area contributed by atoms with Gasteiger partial charge in [-0.15, -0.1) is 0 Å². The zero-order chi connectivity index (χ0) is 12.2. The molecule has 0 heterocycles. The monoisotopic (exact) mass is 233 g/mol. The highest BCUT2D eigenvalue weighted by atomic mass is 16.5. The summed E-state index contributed by atoms with van der Waals surface area (Å²) in [5.74, 6) is -0.263. The minimum atomic E-state index is -0.383. The molecule has 1 atom stereocenters. The van der Waals surface area contributed by atoms with Crippen LogP contribution in [0.3, 0.4) is 0 Å². The summed E-state index contributed by atoms with van der Waals surface area (Å²) in [5.41, 5.74) is 0. The van der Waals surface area contributed by atoms with Crippen molar-refractivity contribution in [2.75, 3.05) is 39.6 Å². The maximum Gasteiger partial charge on any atom is 0.325 e. The Morgan fingerprint density at radius 1 is 1.12 bits per heavy atom. The Bertz CT molecular complexity index is 175. The first-order chi connectivity index (χ1) is 7.76. The maximum absolute atomic E-state index is 11.5. The number of hydrogen-bond donors (Lipinski definition) is 1. The summed E-state index contributed by atoms with van der Waals surface area (Å²) in [4.78, 5) is 11.5. The molecule has 0 rings (SSSR count). The van der Waals surface area contributed by atoms with Gasteiger partial charge >= 0.3 is 5.97 Å². The van der Waals surface area contributed by atoms with Gasteiger partial charge in [-0.05, 0) is 20.4 Å². The lowest BCUT2D eigenvalue weighted by Gasteiger charge is -2.16. The van der Waals surface area contributed by atoms with Gasteiger partial charge in [-0.2, -0.15) is 0 Å². The lowest BCUT2D eigenvalue weighted by Crippen LogP contribution is -2.41. The van der Waals surface area contributed by atoms with Crippen LogP contribution in [-0.4, -0.2) is 51.6 Å². The molecule has 0 aliphatic carbocycles. The normalized spacial score (nSPS) is 12.4. The van der Waals surface area contributed by atoms with E-state index < -0.39 is 0 Å². The number of rotatable bonds is 10. The standard InChI is InChI=1S/C11H23NO4/c1-4-12-10(11(13)16-6-3)9-15-8-7-14-5-2/h10,12H,4-9H2,1-3H3. The summed E-state index contributed by atoms with van der Waals surface area (Å²) in [7, 11) is 0. The molecule has 1 N–H and O–H groups in total. The molecule has 0 aromatic rings. The third-order valence-electron chi connectivity index (χ3n) is 1.88. The van der Waals surface area contributed by atoms with Gasteiger partial charge in [0.2, 0.25) is 0 Å². The second-order valence-electron chi connectivity index (χ2n) is 3.13. The topological polar surface area (TPSA) is 56.8 Å². The van der Waals surface area contributed by atoms with Crippen molar-refractivity contribution in [3.63, 3.8) is 0 Å². The molecule has 5 nitrogen and oxygen atoms in total. The van der Waals surface area contributed by atoms with Gasteiger partial charge < -0.3 is 19.5 Å². The fourth-order valence-electron chi connectivity index (χ4n) is 1.16. The second kappa shape index (κ2) is 10.9. The molecule has 0 bridgehead atoms. The number of ether oxygens (including phenoxy) is 3. The average Bonchev–Trinajstić information content (AvgIpc) is 2.27. The van der Waals surface area contributed by atoms with Crippen molar-refractivity contribution in [1.82, 2.24) is 5.32 Å². The van der Waals surface area contributed by atoms with E-state index in [4.69, 9.17) is 14.2 Å². The van der Waals surface area contributed by atoms with Crippen molar-refractivity contribution in [1.29, 1.82) is 0 Å². The van der Waals surface area contributed by atoms with Crippen LogP contribution < -0.4 is 5.32 Å². The fourth-order valence-corrected chi connectivity index (χ4v) is 1.16. The summed E-state index contributed by atoms with van der Waals surface area (Å²) < 4.78 is 15.4. The first kappa shape index (κ1) is 15.3. The van der Waals surface area contributed by atoms with Crippen LogP contribution in [-0.2, 0) is 19.0 Å². The molecule has 1 unspecified atom stereocenters. The summed E-state index contributed by atoms with van der Waals surface area (Å²) in [6.07, 6.45) is 0. The molecular weight excluding hydrogens is 210 g/mol. The van der Waals surface area contributed by atoms with Crippen LogP contribution in [0.15, 0.2) is 0 Å². The number of carbonyl (C=O) groups excluding carboxylic acids is 1. The molecule has 5 heteroatoms. The third-order valence-corrected chi connectivity index (χ3v) is 1.88. The Morgan fingerprint density at radius 2 is 1.81 bits per heavy atom. The summed E-state index contributed by atoms with van der Waals surface area (Å²) in [5, 5.41) is 3.02. The van der Waals surface area contributed by atoms with Crippen LogP contribution >= 0.6 is 0 Å². The van der Waals surface area contributed by atoms with Crippen molar-refractivity contribution in [2.24, 2.45) is 0 Å². The highest BCUT2D eigenvalue weighted by molar-refractivity contribution is 5.75. The van der Waals surface area contributed by atoms with Crippen LogP contribution in [0, 0.1) is 0 Å². The zero-order valence-electron chi connectivity index (χ0n) is 10.5. The molecule has 0 aliphatic heterocycles. The van der Waals surface area contributed by atoms with Gasteiger partial charge in [0.1, 0.15) is 6.04 Å². The van der Waals surface area contributed by atoms with Crippen LogP contribution in [0.5, 0.6) is 0 Å². The first-order valence-corrected chi connectivity index (χ1v) is 5.81. The Kier molecular flexibility index (Phi) is 10.4. The van der Waals surface area contributed by atoms with Crippen molar-refractivity contribution < 1.29 is 19.0 Å². The van der Waals surface area contributed by atoms with Crippen molar-refractivity contribution in [3.05, 3.63) is 0 Å². The van der Waals surface area contributed by atoms with Crippen LogP contribution in [0.25, 0.3) is 0 Å². The highest BCUT2D eigenvalue weighted by Gasteiger charge is 2.18. The lowest BCUT2D eigenvalue weighted by atomic mass is 10.3. The molecule has 0 aromatic carbocycles. The highest BCUT2D eigenvalue weighted by Crippen LogP contribution is 1.92. The summed E-state index contributed by atoms with van der Waals surface area (Å²) in [6, 6.07) is -0.383.